The van der Waals surface area contributed by atoms with Gasteiger partial charge in [-0.1, -0.05) is 18.2 Å². The highest BCUT2D eigenvalue weighted by atomic mass is 15.1. The first-order chi connectivity index (χ1) is 10.7. The van der Waals surface area contributed by atoms with E-state index < -0.39 is 0 Å². The molecule has 2 aromatic carbocycles. The van der Waals surface area contributed by atoms with E-state index in [1.54, 1.807) is 0 Å². The zero-order chi connectivity index (χ0) is 15.1. The van der Waals surface area contributed by atoms with Crippen molar-refractivity contribution in [1.29, 1.82) is 0 Å². The molecule has 5 nitrogen and oxygen atoms in total. The van der Waals surface area contributed by atoms with Crippen molar-refractivity contribution < 1.29 is 0 Å². The summed E-state index contributed by atoms with van der Waals surface area (Å²) < 4.78 is 0. The van der Waals surface area contributed by atoms with E-state index in [1.807, 2.05) is 30.6 Å². The van der Waals surface area contributed by atoms with Crippen LogP contribution >= 0.6 is 0 Å². The lowest BCUT2D eigenvalue weighted by Gasteiger charge is -2.08. The zero-order valence-corrected chi connectivity index (χ0v) is 12.4. The van der Waals surface area contributed by atoms with Crippen molar-refractivity contribution in [3.05, 3.63) is 53.9 Å². The Bertz CT molecular complexity index is 987. The standard InChI is InChI=1S/C17H15N5/c1-10-4-3-5-12-8-18-17(21-16(10)12)20-13-6-11(2)14-9-19-22-15(14)7-13/h3-9H,1-2H3,(H,19,22)(H,18,20,21). The molecule has 2 N–H and O–H groups in total. The minimum absolute atomic E-state index is 0.597. The van der Waals surface area contributed by atoms with E-state index in [0.29, 0.717) is 5.95 Å². The lowest BCUT2D eigenvalue weighted by Crippen LogP contribution is -1.98. The van der Waals surface area contributed by atoms with Crippen LogP contribution in [0.4, 0.5) is 11.6 Å². The topological polar surface area (TPSA) is 66.5 Å². The second-order valence-corrected chi connectivity index (χ2v) is 5.46. The van der Waals surface area contributed by atoms with Gasteiger partial charge in [-0.25, -0.2) is 9.97 Å². The number of fused-ring (bicyclic) bond motifs is 2. The normalized spacial score (nSPS) is 11.2. The molecule has 0 saturated carbocycles. The van der Waals surface area contributed by atoms with E-state index >= 15 is 0 Å². The maximum absolute atomic E-state index is 4.62. The molecule has 22 heavy (non-hydrogen) atoms. The molecule has 0 saturated heterocycles. The Hall–Kier alpha value is -2.95. The summed E-state index contributed by atoms with van der Waals surface area (Å²) in [5.74, 6) is 0.597. The lowest BCUT2D eigenvalue weighted by molar-refractivity contribution is 1.12. The summed E-state index contributed by atoms with van der Waals surface area (Å²) >= 11 is 0. The van der Waals surface area contributed by atoms with Crippen molar-refractivity contribution in [3.8, 4) is 0 Å². The quantitative estimate of drug-likeness (QED) is 0.588. The van der Waals surface area contributed by atoms with Gasteiger partial charge in [-0.2, -0.15) is 5.10 Å². The average Bonchev–Trinajstić information content (AvgIpc) is 2.97. The maximum Gasteiger partial charge on any atom is 0.227 e. The van der Waals surface area contributed by atoms with Crippen LogP contribution in [0.25, 0.3) is 21.8 Å². The van der Waals surface area contributed by atoms with E-state index in [0.717, 1.165) is 38.6 Å². The maximum atomic E-state index is 4.62. The van der Waals surface area contributed by atoms with Crippen LogP contribution in [-0.2, 0) is 0 Å². The van der Waals surface area contributed by atoms with Gasteiger partial charge in [0.15, 0.2) is 0 Å². The van der Waals surface area contributed by atoms with Crippen LogP contribution in [0.5, 0.6) is 0 Å². The minimum atomic E-state index is 0.597. The first kappa shape index (κ1) is 12.8. The van der Waals surface area contributed by atoms with Crippen LogP contribution in [0.1, 0.15) is 11.1 Å². The van der Waals surface area contributed by atoms with Gasteiger partial charge in [0.2, 0.25) is 5.95 Å². The van der Waals surface area contributed by atoms with Gasteiger partial charge in [0, 0.05) is 22.7 Å². The number of anilines is 2. The van der Waals surface area contributed by atoms with E-state index in [9.17, 15) is 0 Å². The monoisotopic (exact) mass is 289 g/mol. The molecule has 4 aromatic rings. The highest BCUT2D eigenvalue weighted by molar-refractivity contribution is 5.86. The minimum Gasteiger partial charge on any atom is -0.324 e. The van der Waals surface area contributed by atoms with Crippen LogP contribution < -0.4 is 5.32 Å². The molecule has 108 valence electrons. The van der Waals surface area contributed by atoms with Gasteiger partial charge in [-0.15, -0.1) is 0 Å². The van der Waals surface area contributed by atoms with Crippen LogP contribution in [0.15, 0.2) is 42.7 Å². The van der Waals surface area contributed by atoms with Crippen molar-refractivity contribution in [2.45, 2.75) is 13.8 Å². The molecular weight excluding hydrogens is 274 g/mol. The van der Waals surface area contributed by atoms with Crippen LogP contribution in [0.3, 0.4) is 0 Å². The fourth-order valence-electron chi connectivity index (χ4n) is 2.69. The van der Waals surface area contributed by atoms with E-state index in [-0.39, 0.29) is 0 Å². The predicted octanol–water partition coefficient (Wildman–Crippen LogP) is 3.87. The van der Waals surface area contributed by atoms with Gasteiger partial charge >= 0.3 is 0 Å². The molecule has 5 heteroatoms. The first-order valence-corrected chi connectivity index (χ1v) is 7.14. The van der Waals surface area contributed by atoms with Crippen molar-refractivity contribution >= 4 is 33.4 Å². The number of aryl methyl sites for hydroxylation is 2. The number of hydrogen-bond acceptors (Lipinski definition) is 4. The third-order valence-electron chi connectivity index (χ3n) is 3.83. The Balaban J connectivity index is 1.77. The lowest BCUT2D eigenvalue weighted by atomic mass is 10.1. The third-order valence-corrected chi connectivity index (χ3v) is 3.83. The molecule has 0 aliphatic carbocycles. The second kappa shape index (κ2) is 4.80. The average molecular weight is 289 g/mol. The summed E-state index contributed by atoms with van der Waals surface area (Å²) in [7, 11) is 0. The van der Waals surface area contributed by atoms with Crippen LogP contribution in [0.2, 0.25) is 0 Å². The van der Waals surface area contributed by atoms with Gasteiger partial charge in [0.05, 0.1) is 17.2 Å². The molecule has 0 amide bonds. The molecule has 0 spiro atoms. The van der Waals surface area contributed by atoms with Crippen molar-refractivity contribution in [1.82, 2.24) is 20.2 Å². The molecule has 0 unspecified atom stereocenters. The van der Waals surface area contributed by atoms with Crippen LogP contribution in [-0.4, -0.2) is 20.2 Å². The molecule has 0 fully saturated rings. The summed E-state index contributed by atoms with van der Waals surface area (Å²) in [6.45, 7) is 4.12. The fourth-order valence-corrected chi connectivity index (χ4v) is 2.69. The molecule has 0 atom stereocenters. The van der Waals surface area contributed by atoms with Crippen molar-refractivity contribution in [2.75, 3.05) is 5.32 Å². The summed E-state index contributed by atoms with van der Waals surface area (Å²) in [6.07, 6.45) is 3.68. The van der Waals surface area contributed by atoms with Crippen molar-refractivity contribution in [2.24, 2.45) is 0 Å². The molecule has 0 aliphatic rings. The van der Waals surface area contributed by atoms with E-state index in [1.165, 1.54) is 0 Å². The Labute approximate surface area is 127 Å². The van der Waals surface area contributed by atoms with Gasteiger partial charge in [-0.3, -0.25) is 5.10 Å². The SMILES string of the molecule is Cc1cc(Nc2ncc3cccc(C)c3n2)cc2[nH]ncc12. The number of nitrogens with zero attached hydrogens (tertiary/aromatic N) is 3. The van der Waals surface area contributed by atoms with Gasteiger partial charge in [0.25, 0.3) is 0 Å². The number of nitrogens with one attached hydrogen (secondary N) is 2. The molecular formula is C17H15N5. The predicted molar refractivity (Wildman–Crippen MR) is 88.4 cm³/mol. The van der Waals surface area contributed by atoms with Gasteiger partial charge in [-0.05, 0) is 37.1 Å². The Morgan fingerprint density at radius 1 is 1.05 bits per heavy atom. The highest BCUT2D eigenvalue weighted by Gasteiger charge is 2.06. The molecule has 0 bridgehead atoms. The molecule has 0 aliphatic heterocycles. The smallest absolute Gasteiger partial charge is 0.227 e. The molecule has 4 rings (SSSR count). The third kappa shape index (κ3) is 2.07. The Kier molecular flexibility index (Phi) is 2.79. The Morgan fingerprint density at radius 2 is 1.95 bits per heavy atom. The molecule has 0 radical (unpaired) electrons. The largest absolute Gasteiger partial charge is 0.324 e. The van der Waals surface area contributed by atoms with E-state index in [4.69, 9.17) is 0 Å². The number of benzene rings is 2. The number of para-hydroxylation sites is 1. The summed E-state index contributed by atoms with van der Waals surface area (Å²) in [5, 5.41) is 12.5. The Morgan fingerprint density at radius 3 is 2.86 bits per heavy atom. The summed E-state index contributed by atoms with van der Waals surface area (Å²) in [5.41, 5.74) is 5.22. The van der Waals surface area contributed by atoms with Crippen molar-refractivity contribution in [3.63, 3.8) is 0 Å². The number of aromatic nitrogens is 4. The number of aromatic amines is 1. The number of H-pyrrole nitrogens is 1. The summed E-state index contributed by atoms with van der Waals surface area (Å²) in [4.78, 5) is 9.01. The fraction of sp³-hybridized carbons (Fsp3) is 0.118. The number of rotatable bonds is 2. The van der Waals surface area contributed by atoms with Gasteiger partial charge in [0.1, 0.15) is 0 Å². The van der Waals surface area contributed by atoms with E-state index in [2.05, 4.69) is 51.5 Å². The summed E-state index contributed by atoms with van der Waals surface area (Å²) in [6, 6.07) is 10.2. The zero-order valence-electron chi connectivity index (χ0n) is 12.4. The molecule has 2 heterocycles. The highest BCUT2D eigenvalue weighted by Crippen LogP contribution is 2.24. The second-order valence-electron chi connectivity index (χ2n) is 5.46. The van der Waals surface area contributed by atoms with Gasteiger partial charge < -0.3 is 5.32 Å². The van der Waals surface area contributed by atoms with Crippen LogP contribution in [0, 0.1) is 13.8 Å². The first-order valence-electron chi connectivity index (χ1n) is 7.14. The molecule has 2 aromatic heterocycles. The number of hydrogen-bond donors (Lipinski definition) is 2.